The van der Waals surface area contributed by atoms with Gasteiger partial charge in [-0.15, -0.1) is 0 Å². The zero-order valence-electron chi connectivity index (χ0n) is 17.9. The SMILES string of the molecule is O=C(CN(C1CCCCC1)S(=O)(=O)c1ccccc1)N1CCN(c2ccccc2)CC1. The highest BCUT2D eigenvalue weighted by Gasteiger charge is 2.35. The fraction of sp³-hybridized carbons (Fsp3) is 0.458. The third-order valence-corrected chi connectivity index (χ3v) is 8.29. The molecule has 2 aliphatic rings. The molecule has 2 aromatic carbocycles. The van der Waals surface area contributed by atoms with Gasteiger partial charge in [0.05, 0.1) is 11.4 Å². The number of carbonyl (C=O) groups excluding carboxylic acids is 1. The molecule has 7 heteroatoms. The zero-order chi connectivity index (χ0) is 21.7. The van der Waals surface area contributed by atoms with E-state index in [2.05, 4.69) is 17.0 Å². The number of hydrogen-bond acceptors (Lipinski definition) is 4. The zero-order valence-corrected chi connectivity index (χ0v) is 18.7. The van der Waals surface area contributed by atoms with E-state index in [9.17, 15) is 13.2 Å². The van der Waals surface area contributed by atoms with Gasteiger partial charge in [0.25, 0.3) is 0 Å². The van der Waals surface area contributed by atoms with Crippen molar-refractivity contribution in [1.82, 2.24) is 9.21 Å². The molecule has 0 N–H and O–H groups in total. The molecular formula is C24H31N3O3S. The Morgan fingerprint density at radius 2 is 1.42 bits per heavy atom. The van der Waals surface area contributed by atoms with Gasteiger partial charge >= 0.3 is 0 Å². The number of rotatable bonds is 6. The first-order chi connectivity index (χ1) is 15.1. The Morgan fingerprint density at radius 3 is 2.03 bits per heavy atom. The third kappa shape index (κ3) is 5.10. The molecule has 1 saturated carbocycles. The van der Waals surface area contributed by atoms with Crippen LogP contribution in [0.15, 0.2) is 65.6 Å². The third-order valence-electron chi connectivity index (χ3n) is 6.38. The molecule has 0 atom stereocenters. The highest BCUT2D eigenvalue weighted by molar-refractivity contribution is 7.89. The van der Waals surface area contributed by atoms with E-state index in [0.29, 0.717) is 13.1 Å². The van der Waals surface area contributed by atoms with Crippen molar-refractivity contribution >= 4 is 21.6 Å². The number of hydrogen-bond donors (Lipinski definition) is 0. The quantitative estimate of drug-likeness (QED) is 0.690. The van der Waals surface area contributed by atoms with Gasteiger partial charge in [0, 0.05) is 37.9 Å². The van der Waals surface area contributed by atoms with E-state index in [1.807, 2.05) is 23.1 Å². The lowest BCUT2D eigenvalue weighted by Crippen LogP contribution is -2.53. The van der Waals surface area contributed by atoms with Gasteiger partial charge in [-0.05, 0) is 37.1 Å². The van der Waals surface area contributed by atoms with Crippen LogP contribution in [0.5, 0.6) is 0 Å². The van der Waals surface area contributed by atoms with Crippen molar-refractivity contribution in [2.75, 3.05) is 37.6 Å². The summed E-state index contributed by atoms with van der Waals surface area (Å²) in [6.07, 6.45) is 4.79. The number of nitrogens with zero attached hydrogens (tertiary/aromatic N) is 3. The van der Waals surface area contributed by atoms with E-state index in [0.717, 1.165) is 50.9 Å². The molecule has 0 unspecified atom stereocenters. The first kappa shape index (κ1) is 21.8. The van der Waals surface area contributed by atoms with Crippen LogP contribution < -0.4 is 4.90 Å². The topological polar surface area (TPSA) is 60.9 Å². The van der Waals surface area contributed by atoms with Crippen LogP contribution in [-0.4, -0.2) is 62.3 Å². The monoisotopic (exact) mass is 441 g/mol. The van der Waals surface area contributed by atoms with E-state index in [4.69, 9.17) is 0 Å². The second-order valence-electron chi connectivity index (χ2n) is 8.36. The van der Waals surface area contributed by atoms with Crippen molar-refractivity contribution in [1.29, 1.82) is 0 Å². The van der Waals surface area contributed by atoms with Crippen LogP contribution in [-0.2, 0) is 14.8 Å². The van der Waals surface area contributed by atoms with E-state index < -0.39 is 10.0 Å². The molecule has 1 aliphatic heterocycles. The second kappa shape index (κ2) is 9.83. The maximum Gasteiger partial charge on any atom is 0.243 e. The van der Waals surface area contributed by atoms with Gasteiger partial charge < -0.3 is 9.80 Å². The fourth-order valence-electron chi connectivity index (χ4n) is 4.59. The van der Waals surface area contributed by atoms with E-state index in [1.165, 1.54) is 4.31 Å². The van der Waals surface area contributed by atoms with E-state index in [1.54, 1.807) is 30.3 Å². The average molecular weight is 442 g/mol. The summed E-state index contributed by atoms with van der Waals surface area (Å²) in [5.41, 5.74) is 1.16. The summed E-state index contributed by atoms with van der Waals surface area (Å²) < 4.78 is 28.3. The Bertz CT molecular complexity index is 952. The van der Waals surface area contributed by atoms with Crippen LogP contribution in [0.25, 0.3) is 0 Å². The van der Waals surface area contributed by atoms with Crippen molar-refractivity contribution in [2.45, 2.75) is 43.0 Å². The summed E-state index contributed by atoms with van der Waals surface area (Å²) in [4.78, 5) is 17.5. The van der Waals surface area contributed by atoms with Crippen molar-refractivity contribution in [2.24, 2.45) is 0 Å². The standard InChI is InChI=1S/C24H31N3O3S/c28-24(26-18-16-25(17-19-26)21-10-4-1-5-11-21)20-27(22-12-6-2-7-13-22)31(29,30)23-14-8-3-9-15-23/h1,3-5,8-11,14-15,22H,2,6-7,12-13,16-20H2. The number of para-hydroxylation sites is 1. The van der Waals surface area contributed by atoms with Crippen LogP contribution >= 0.6 is 0 Å². The lowest BCUT2D eigenvalue weighted by molar-refractivity contribution is -0.132. The lowest BCUT2D eigenvalue weighted by Gasteiger charge is -2.38. The molecule has 2 fully saturated rings. The molecule has 2 aromatic rings. The van der Waals surface area contributed by atoms with Crippen molar-refractivity contribution in [3.05, 3.63) is 60.7 Å². The molecule has 1 heterocycles. The molecule has 31 heavy (non-hydrogen) atoms. The number of sulfonamides is 1. The Hall–Kier alpha value is -2.38. The highest BCUT2D eigenvalue weighted by atomic mass is 32.2. The maximum atomic E-state index is 13.4. The van der Waals surface area contributed by atoms with Crippen LogP contribution in [0, 0.1) is 0 Å². The predicted molar refractivity (Wildman–Crippen MR) is 122 cm³/mol. The number of anilines is 1. The molecule has 4 rings (SSSR count). The first-order valence-electron chi connectivity index (χ1n) is 11.2. The minimum absolute atomic E-state index is 0.0762. The summed E-state index contributed by atoms with van der Waals surface area (Å²) in [5.74, 6) is -0.0993. The van der Waals surface area contributed by atoms with Gasteiger partial charge in [0.2, 0.25) is 15.9 Å². The first-order valence-corrected chi connectivity index (χ1v) is 12.6. The largest absolute Gasteiger partial charge is 0.368 e. The summed E-state index contributed by atoms with van der Waals surface area (Å²) in [6, 6.07) is 18.6. The lowest BCUT2D eigenvalue weighted by atomic mass is 9.95. The molecule has 1 saturated heterocycles. The normalized spacial score (nSPS) is 18.4. The van der Waals surface area contributed by atoms with Crippen molar-refractivity contribution in [3.8, 4) is 0 Å². The molecule has 6 nitrogen and oxygen atoms in total. The van der Waals surface area contributed by atoms with Gasteiger partial charge in [-0.1, -0.05) is 55.7 Å². The summed E-state index contributed by atoms with van der Waals surface area (Å²) in [7, 11) is -3.71. The summed E-state index contributed by atoms with van der Waals surface area (Å²) in [6.45, 7) is 2.65. The van der Waals surface area contributed by atoms with Crippen LogP contribution in [0.2, 0.25) is 0 Å². The molecular weight excluding hydrogens is 410 g/mol. The number of amides is 1. The van der Waals surface area contributed by atoms with Crippen LogP contribution in [0.4, 0.5) is 5.69 Å². The number of carbonyl (C=O) groups is 1. The summed E-state index contributed by atoms with van der Waals surface area (Å²) >= 11 is 0. The molecule has 1 aliphatic carbocycles. The van der Waals surface area contributed by atoms with Gasteiger partial charge in [0.15, 0.2) is 0 Å². The summed E-state index contributed by atoms with van der Waals surface area (Å²) in [5, 5.41) is 0. The van der Waals surface area contributed by atoms with Gasteiger partial charge in [-0.2, -0.15) is 4.31 Å². The van der Waals surface area contributed by atoms with Gasteiger partial charge in [-0.25, -0.2) is 8.42 Å². The molecule has 0 aromatic heterocycles. The Morgan fingerprint density at radius 1 is 0.839 bits per heavy atom. The highest BCUT2D eigenvalue weighted by Crippen LogP contribution is 2.28. The van der Waals surface area contributed by atoms with E-state index >= 15 is 0 Å². The Balaban J connectivity index is 1.46. The maximum absolute atomic E-state index is 13.4. The van der Waals surface area contributed by atoms with Crippen molar-refractivity contribution in [3.63, 3.8) is 0 Å². The Kier molecular flexibility index (Phi) is 6.92. The minimum atomic E-state index is -3.71. The molecule has 166 valence electrons. The van der Waals surface area contributed by atoms with Crippen molar-refractivity contribution < 1.29 is 13.2 Å². The van der Waals surface area contributed by atoms with Gasteiger partial charge in [-0.3, -0.25) is 4.79 Å². The van der Waals surface area contributed by atoms with E-state index in [-0.39, 0.29) is 23.4 Å². The molecule has 0 bridgehead atoms. The van der Waals surface area contributed by atoms with Gasteiger partial charge in [0.1, 0.15) is 0 Å². The van der Waals surface area contributed by atoms with Crippen LogP contribution in [0.3, 0.4) is 0 Å². The molecule has 0 radical (unpaired) electrons. The Labute approximate surface area is 185 Å². The molecule has 1 amide bonds. The van der Waals surface area contributed by atoms with Crippen LogP contribution in [0.1, 0.15) is 32.1 Å². The molecule has 0 spiro atoms. The predicted octanol–water partition coefficient (Wildman–Crippen LogP) is 3.36. The fourth-order valence-corrected chi connectivity index (χ4v) is 6.25. The smallest absolute Gasteiger partial charge is 0.243 e. The minimum Gasteiger partial charge on any atom is -0.368 e. The average Bonchev–Trinajstić information content (AvgIpc) is 2.84. The number of piperazine rings is 1. The second-order valence-corrected chi connectivity index (χ2v) is 10.2. The number of benzene rings is 2.